The van der Waals surface area contributed by atoms with Gasteiger partial charge in [-0.3, -0.25) is 4.79 Å². The van der Waals surface area contributed by atoms with E-state index in [1.54, 1.807) is 20.2 Å². The summed E-state index contributed by atoms with van der Waals surface area (Å²) in [6.45, 7) is 3.41. The fourth-order valence-electron chi connectivity index (χ4n) is 1.67. The number of nitrogens with zero attached hydrogens (tertiary/aromatic N) is 2. The van der Waals surface area contributed by atoms with Crippen LogP contribution in [0.25, 0.3) is 0 Å². The predicted octanol–water partition coefficient (Wildman–Crippen LogP) is 1.57. The lowest BCUT2D eigenvalue weighted by Gasteiger charge is -2.13. The van der Waals surface area contributed by atoms with Gasteiger partial charge < -0.3 is 9.64 Å². The van der Waals surface area contributed by atoms with E-state index in [9.17, 15) is 4.79 Å². The molecule has 0 aliphatic carbocycles. The maximum atomic E-state index is 11.1. The number of ether oxygens (including phenoxy) is 1. The Kier molecular flexibility index (Phi) is 3.02. The molecule has 0 aromatic carbocycles. The molecule has 0 amide bonds. The van der Waals surface area contributed by atoms with Crippen LogP contribution in [0.1, 0.15) is 23.0 Å². The van der Waals surface area contributed by atoms with Crippen LogP contribution in [-0.4, -0.2) is 37.1 Å². The molecule has 1 atom stereocenters. The number of ketones is 1. The molecule has 1 aromatic rings. The molecule has 1 aliphatic heterocycles. The van der Waals surface area contributed by atoms with E-state index in [4.69, 9.17) is 4.74 Å². The zero-order valence-electron chi connectivity index (χ0n) is 8.90. The highest BCUT2D eigenvalue weighted by Gasteiger charge is 2.24. The van der Waals surface area contributed by atoms with E-state index in [1.807, 2.05) is 0 Å². The van der Waals surface area contributed by atoms with Crippen LogP contribution >= 0.6 is 11.3 Å². The molecular weight excluding hydrogens is 212 g/mol. The minimum absolute atomic E-state index is 0.0845. The van der Waals surface area contributed by atoms with Gasteiger partial charge >= 0.3 is 0 Å². The molecule has 0 saturated carbocycles. The van der Waals surface area contributed by atoms with Crippen LogP contribution < -0.4 is 4.90 Å². The van der Waals surface area contributed by atoms with E-state index in [0.717, 1.165) is 29.5 Å². The van der Waals surface area contributed by atoms with Crippen LogP contribution in [-0.2, 0) is 4.74 Å². The zero-order valence-corrected chi connectivity index (χ0v) is 9.71. The van der Waals surface area contributed by atoms with E-state index in [-0.39, 0.29) is 5.78 Å². The lowest BCUT2D eigenvalue weighted by Crippen LogP contribution is -2.21. The van der Waals surface area contributed by atoms with E-state index in [2.05, 4.69) is 9.88 Å². The molecule has 0 spiro atoms. The van der Waals surface area contributed by atoms with Crippen molar-refractivity contribution in [1.82, 2.24) is 4.98 Å². The summed E-state index contributed by atoms with van der Waals surface area (Å²) in [5, 5.41) is 0.930. The summed E-state index contributed by atoms with van der Waals surface area (Å²) in [5.74, 6) is 0.0845. The predicted molar refractivity (Wildman–Crippen MR) is 59.7 cm³/mol. The number of carbonyl (C=O) groups is 1. The highest BCUT2D eigenvalue weighted by Crippen LogP contribution is 2.26. The van der Waals surface area contributed by atoms with Crippen molar-refractivity contribution in [2.24, 2.45) is 0 Å². The molecule has 1 unspecified atom stereocenters. The third-order valence-electron chi connectivity index (χ3n) is 2.59. The topological polar surface area (TPSA) is 42.4 Å². The molecule has 1 aliphatic rings. The van der Waals surface area contributed by atoms with Crippen LogP contribution in [0.15, 0.2) is 6.20 Å². The van der Waals surface area contributed by atoms with Gasteiger partial charge in [0.1, 0.15) is 0 Å². The summed E-state index contributed by atoms with van der Waals surface area (Å²) in [4.78, 5) is 18.3. The second kappa shape index (κ2) is 4.28. The van der Waals surface area contributed by atoms with Gasteiger partial charge in [0.2, 0.25) is 0 Å². The zero-order chi connectivity index (χ0) is 10.8. The van der Waals surface area contributed by atoms with Crippen molar-refractivity contribution in [3.63, 3.8) is 0 Å². The first kappa shape index (κ1) is 10.6. The van der Waals surface area contributed by atoms with Crippen molar-refractivity contribution in [2.45, 2.75) is 19.4 Å². The van der Waals surface area contributed by atoms with E-state index < -0.39 is 0 Å². The number of rotatable bonds is 3. The van der Waals surface area contributed by atoms with Crippen LogP contribution in [0.2, 0.25) is 0 Å². The number of hydrogen-bond donors (Lipinski definition) is 0. The van der Waals surface area contributed by atoms with Gasteiger partial charge in [-0.1, -0.05) is 11.3 Å². The van der Waals surface area contributed by atoms with Crippen molar-refractivity contribution in [1.29, 1.82) is 0 Å². The SMILES string of the molecule is COC1CCN(c2ncc(C(C)=O)s2)C1. The number of aromatic nitrogens is 1. The Hall–Kier alpha value is -0.940. The van der Waals surface area contributed by atoms with Gasteiger partial charge in [0.15, 0.2) is 10.9 Å². The number of Topliss-reactive ketones (excluding diaryl/α,β-unsaturated/α-hetero) is 1. The summed E-state index contributed by atoms with van der Waals surface area (Å²) in [6, 6.07) is 0. The van der Waals surface area contributed by atoms with Crippen molar-refractivity contribution in [2.75, 3.05) is 25.1 Å². The first-order valence-corrected chi connectivity index (χ1v) is 5.77. The molecule has 2 rings (SSSR count). The number of thiazole rings is 1. The third kappa shape index (κ3) is 2.18. The number of hydrogen-bond acceptors (Lipinski definition) is 5. The highest BCUT2D eigenvalue weighted by molar-refractivity contribution is 7.17. The second-order valence-electron chi connectivity index (χ2n) is 3.66. The maximum Gasteiger partial charge on any atom is 0.186 e. The van der Waals surface area contributed by atoms with Crippen LogP contribution in [0.3, 0.4) is 0 Å². The average Bonchev–Trinajstić information content (AvgIpc) is 2.86. The fourth-order valence-corrected chi connectivity index (χ4v) is 2.51. The third-order valence-corrected chi connectivity index (χ3v) is 3.75. The van der Waals surface area contributed by atoms with Crippen molar-refractivity contribution in [3.8, 4) is 0 Å². The number of anilines is 1. The highest BCUT2D eigenvalue weighted by atomic mass is 32.1. The Morgan fingerprint density at radius 2 is 2.53 bits per heavy atom. The molecule has 1 saturated heterocycles. The molecule has 0 N–H and O–H groups in total. The standard InChI is InChI=1S/C10H14N2O2S/c1-7(13)9-5-11-10(15-9)12-4-3-8(6-12)14-2/h5,8H,3-4,6H2,1-2H3. The molecule has 5 heteroatoms. The van der Waals surface area contributed by atoms with E-state index in [1.165, 1.54) is 11.3 Å². The van der Waals surface area contributed by atoms with Gasteiger partial charge in [0.05, 0.1) is 17.2 Å². The molecule has 2 heterocycles. The molecular formula is C10H14N2O2S. The Morgan fingerprint density at radius 1 is 1.73 bits per heavy atom. The van der Waals surface area contributed by atoms with Gasteiger partial charge in [-0.15, -0.1) is 0 Å². The number of methoxy groups -OCH3 is 1. The van der Waals surface area contributed by atoms with Crippen LogP contribution in [0.5, 0.6) is 0 Å². The van der Waals surface area contributed by atoms with Gasteiger partial charge in [0, 0.05) is 27.1 Å². The number of carbonyl (C=O) groups excluding carboxylic acids is 1. The maximum absolute atomic E-state index is 11.1. The summed E-state index contributed by atoms with van der Waals surface area (Å²) >= 11 is 1.46. The van der Waals surface area contributed by atoms with Gasteiger partial charge in [0.25, 0.3) is 0 Å². The smallest absolute Gasteiger partial charge is 0.186 e. The van der Waals surface area contributed by atoms with E-state index in [0.29, 0.717) is 6.10 Å². The quantitative estimate of drug-likeness (QED) is 0.734. The molecule has 0 bridgehead atoms. The molecule has 1 fully saturated rings. The Bertz CT molecular complexity index is 364. The largest absolute Gasteiger partial charge is 0.380 e. The van der Waals surface area contributed by atoms with Gasteiger partial charge in [-0.2, -0.15) is 0 Å². The summed E-state index contributed by atoms with van der Waals surface area (Å²) in [6.07, 6.45) is 2.99. The Labute approximate surface area is 92.9 Å². The first-order chi connectivity index (χ1) is 7.20. The van der Waals surface area contributed by atoms with Crippen LogP contribution in [0, 0.1) is 0 Å². The monoisotopic (exact) mass is 226 g/mol. The normalized spacial score (nSPS) is 20.9. The second-order valence-corrected chi connectivity index (χ2v) is 4.66. The molecule has 4 nitrogen and oxygen atoms in total. The van der Waals surface area contributed by atoms with Crippen LogP contribution in [0.4, 0.5) is 5.13 Å². The lowest BCUT2D eigenvalue weighted by molar-refractivity contribution is 0.102. The molecule has 0 radical (unpaired) electrons. The molecule has 1 aromatic heterocycles. The minimum Gasteiger partial charge on any atom is -0.380 e. The summed E-state index contributed by atoms with van der Waals surface area (Å²) in [7, 11) is 1.73. The molecule has 82 valence electrons. The van der Waals surface area contributed by atoms with Crippen molar-refractivity contribution >= 4 is 22.3 Å². The Balaban J connectivity index is 2.07. The van der Waals surface area contributed by atoms with Gasteiger partial charge in [-0.05, 0) is 6.42 Å². The van der Waals surface area contributed by atoms with Gasteiger partial charge in [-0.25, -0.2) is 4.98 Å². The Morgan fingerprint density at radius 3 is 3.07 bits per heavy atom. The first-order valence-electron chi connectivity index (χ1n) is 4.95. The van der Waals surface area contributed by atoms with Crippen molar-refractivity contribution < 1.29 is 9.53 Å². The average molecular weight is 226 g/mol. The molecule has 15 heavy (non-hydrogen) atoms. The summed E-state index contributed by atoms with van der Waals surface area (Å²) < 4.78 is 5.29. The minimum atomic E-state index is 0.0845. The van der Waals surface area contributed by atoms with Crippen molar-refractivity contribution in [3.05, 3.63) is 11.1 Å². The lowest BCUT2D eigenvalue weighted by atomic mass is 10.3. The van der Waals surface area contributed by atoms with E-state index >= 15 is 0 Å². The fraction of sp³-hybridized carbons (Fsp3) is 0.600. The summed E-state index contributed by atoms with van der Waals surface area (Å²) in [5.41, 5.74) is 0.